The van der Waals surface area contributed by atoms with Crippen molar-refractivity contribution in [3.63, 3.8) is 0 Å². The van der Waals surface area contributed by atoms with E-state index >= 15 is 0 Å². The van der Waals surface area contributed by atoms with Gasteiger partial charge in [0.05, 0.1) is 32.7 Å². The molecule has 3 aromatic rings. The van der Waals surface area contributed by atoms with Crippen LogP contribution in [0.5, 0.6) is 17.2 Å². The first-order valence-electron chi connectivity index (χ1n) is 11.8. The highest BCUT2D eigenvalue weighted by atomic mass is 16.5. The largest absolute Gasteiger partial charge is 0.497 e. The molecule has 1 aromatic heterocycles. The number of carbonyl (C=O) groups is 1. The Kier molecular flexibility index (Phi) is 8.20. The molecule has 186 valence electrons. The number of nitrogens with one attached hydrogen (secondary N) is 1. The number of likely N-dealkylation sites (tertiary alicyclic amines) is 1. The summed E-state index contributed by atoms with van der Waals surface area (Å²) in [7, 11) is 3.24. The average molecular weight is 481 g/mol. The van der Waals surface area contributed by atoms with Gasteiger partial charge in [0, 0.05) is 12.1 Å². The maximum atomic E-state index is 12.9. The lowest BCUT2D eigenvalue weighted by molar-refractivity contribution is -0.127. The lowest BCUT2D eigenvalue weighted by Gasteiger charge is -2.31. The molecule has 0 aliphatic carbocycles. The van der Waals surface area contributed by atoms with Crippen molar-refractivity contribution in [2.24, 2.45) is 5.92 Å². The van der Waals surface area contributed by atoms with Crippen molar-refractivity contribution < 1.29 is 23.5 Å². The number of methoxy groups -OCH3 is 2. The summed E-state index contributed by atoms with van der Waals surface area (Å²) in [6, 6.07) is 14.9. The van der Waals surface area contributed by atoms with Crippen molar-refractivity contribution in [3.05, 3.63) is 54.4 Å². The number of ether oxygens (including phenoxy) is 3. The summed E-state index contributed by atoms with van der Waals surface area (Å²) in [6.07, 6.45) is 1.78. The third-order valence-electron chi connectivity index (χ3n) is 6.00. The molecule has 1 N–H and O–H groups in total. The topological polar surface area (TPSA) is 99.0 Å². The average Bonchev–Trinajstić information content (AvgIpc) is 3.36. The summed E-state index contributed by atoms with van der Waals surface area (Å²) in [6.45, 7) is 4.34. The Morgan fingerprint density at radius 2 is 1.91 bits per heavy atom. The van der Waals surface area contributed by atoms with E-state index in [-0.39, 0.29) is 17.9 Å². The minimum Gasteiger partial charge on any atom is -0.497 e. The Labute approximate surface area is 205 Å². The predicted octanol–water partition coefficient (Wildman–Crippen LogP) is 3.55. The fourth-order valence-corrected chi connectivity index (χ4v) is 4.14. The van der Waals surface area contributed by atoms with Crippen LogP contribution in [0.1, 0.15) is 25.7 Å². The summed E-state index contributed by atoms with van der Waals surface area (Å²) in [5.74, 6) is 3.12. The first-order chi connectivity index (χ1) is 17.1. The number of carbonyl (C=O) groups excluding carboxylic acids is 1. The number of hydrogen-bond donors (Lipinski definition) is 1. The lowest BCUT2D eigenvalue weighted by atomic mass is 9.97. The van der Waals surface area contributed by atoms with E-state index in [1.54, 1.807) is 14.2 Å². The van der Waals surface area contributed by atoms with Crippen molar-refractivity contribution in [1.82, 2.24) is 20.4 Å². The van der Waals surface area contributed by atoms with Crippen molar-refractivity contribution >= 4 is 5.91 Å². The second-order valence-corrected chi connectivity index (χ2v) is 8.69. The molecule has 9 heteroatoms. The van der Waals surface area contributed by atoms with Crippen LogP contribution < -0.4 is 19.5 Å². The van der Waals surface area contributed by atoms with Crippen molar-refractivity contribution in [2.45, 2.75) is 32.4 Å². The minimum absolute atomic E-state index is 0.0373. The molecule has 2 unspecified atom stereocenters. The van der Waals surface area contributed by atoms with E-state index in [4.69, 9.17) is 18.7 Å². The third-order valence-corrected chi connectivity index (χ3v) is 6.00. The molecule has 2 atom stereocenters. The number of rotatable bonds is 10. The van der Waals surface area contributed by atoms with Crippen molar-refractivity contribution in [3.8, 4) is 28.6 Å². The van der Waals surface area contributed by atoms with Gasteiger partial charge in [-0.05, 0) is 62.7 Å². The van der Waals surface area contributed by atoms with E-state index in [9.17, 15) is 4.79 Å². The zero-order chi connectivity index (χ0) is 24.6. The van der Waals surface area contributed by atoms with Crippen molar-refractivity contribution in [1.29, 1.82) is 0 Å². The van der Waals surface area contributed by atoms with Crippen LogP contribution in [0.4, 0.5) is 0 Å². The second-order valence-electron chi connectivity index (χ2n) is 8.69. The molecule has 0 radical (unpaired) electrons. The van der Waals surface area contributed by atoms with Gasteiger partial charge in [-0.25, -0.2) is 0 Å². The van der Waals surface area contributed by atoms with E-state index in [0.29, 0.717) is 42.9 Å². The van der Waals surface area contributed by atoms with Gasteiger partial charge >= 0.3 is 0 Å². The summed E-state index contributed by atoms with van der Waals surface area (Å²) in [5, 5.41) is 7.19. The summed E-state index contributed by atoms with van der Waals surface area (Å²) in [5.41, 5.74) is 0.862. The molecule has 1 aliphatic rings. The fourth-order valence-electron chi connectivity index (χ4n) is 4.14. The molecule has 35 heavy (non-hydrogen) atoms. The van der Waals surface area contributed by atoms with E-state index in [0.717, 1.165) is 30.7 Å². The Bertz CT molecular complexity index is 1100. The Balaban J connectivity index is 1.27. The summed E-state index contributed by atoms with van der Waals surface area (Å²) >= 11 is 0. The third kappa shape index (κ3) is 6.51. The molecule has 1 saturated heterocycles. The molecule has 1 fully saturated rings. The van der Waals surface area contributed by atoms with Gasteiger partial charge in [-0.1, -0.05) is 17.3 Å². The smallest absolute Gasteiger partial charge is 0.241 e. The minimum atomic E-state index is -0.134. The Hall–Kier alpha value is -3.59. The van der Waals surface area contributed by atoms with E-state index in [1.807, 2.05) is 55.5 Å². The molecule has 0 spiro atoms. The molecule has 0 bridgehead atoms. The zero-order valence-corrected chi connectivity index (χ0v) is 20.4. The molecule has 1 aliphatic heterocycles. The molecule has 4 rings (SSSR count). The first kappa shape index (κ1) is 24.5. The number of nitrogens with zero attached hydrogens (tertiary/aromatic N) is 3. The van der Waals surface area contributed by atoms with Crippen LogP contribution in [0, 0.1) is 5.92 Å². The number of benzene rings is 2. The van der Waals surface area contributed by atoms with Gasteiger partial charge in [0.1, 0.15) is 12.4 Å². The van der Waals surface area contributed by atoms with Crippen LogP contribution in [0.25, 0.3) is 11.4 Å². The second kappa shape index (κ2) is 11.7. The molecule has 0 saturated carbocycles. The number of piperidine rings is 1. The molecule has 9 nitrogen and oxygen atoms in total. The highest BCUT2D eigenvalue weighted by molar-refractivity contribution is 5.79. The lowest BCUT2D eigenvalue weighted by Crippen LogP contribution is -2.46. The zero-order valence-electron chi connectivity index (χ0n) is 20.4. The predicted molar refractivity (Wildman–Crippen MR) is 130 cm³/mol. The van der Waals surface area contributed by atoms with Gasteiger partial charge in [-0.2, -0.15) is 4.98 Å². The molecular formula is C26H32N4O5. The first-order valence-corrected chi connectivity index (χ1v) is 11.8. The summed E-state index contributed by atoms with van der Waals surface area (Å²) in [4.78, 5) is 19.6. The SMILES string of the molecule is COc1ccc(-c2noc(CN3CCCC(C(=O)NC(C)COc4ccccc4OC)C3)n2)cc1. The van der Waals surface area contributed by atoms with Crippen LogP contribution >= 0.6 is 0 Å². The Morgan fingerprint density at radius 1 is 1.14 bits per heavy atom. The number of amides is 1. The quantitative estimate of drug-likeness (QED) is 0.470. The van der Waals surface area contributed by atoms with Gasteiger partial charge in [-0.3, -0.25) is 9.69 Å². The van der Waals surface area contributed by atoms with Gasteiger partial charge < -0.3 is 24.1 Å². The van der Waals surface area contributed by atoms with Gasteiger partial charge in [0.15, 0.2) is 11.5 Å². The summed E-state index contributed by atoms with van der Waals surface area (Å²) < 4.78 is 21.8. The number of para-hydroxylation sites is 2. The highest BCUT2D eigenvalue weighted by Crippen LogP contribution is 2.26. The van der Waals surface area contributed by atoms with Gasteiger partial charge in [-0.15, -0.1) is 0 Å². The maximum Gasteiger partial charge on any atom is 0.241 e. The molecule has 1 amide bonds. The van der Waals surface area contributed by atoms with E-state index in [1.165, 1.54) is 0 Å². The monoisotopic (exact) mass is 480 g/mol. The molecule has 2 aromatic carbocycles. The molecule has 2 heterocycles. The van der Waals surface area contributed by atoms with Crippen LogP contribution in [0.3, 0.4) is 0 Å². The standard InChI is InChI=1S/C26H32N4O5/c1-18(17-34-23-9-5-4-8-22(23)33-3)27-26(31)20-7-6-14-30(15-20)16-24-28-25(29-35-24)19-10-12-21(32-2)13-11-19/h4-5,8-13,18,20H,6-7,14-17H2,1-3H3,(H,27,31). The molecular weight excluding hydrogens is 448 g/mol. The van der Waals surface area contributed by atoms with Gasteiger partial charge in [0.2, 0.25) is 17.6 Å². The number of aromatic nitrogens is 2. The van der Waals surface area contributed by atoms with Crippen LogP contribution in [-0.2, 0) is 11.3 Å². The van der Waals surface area contributed by atoms with Crippen LogP contribution in [0.15, 0.2) is 53.1 Å². The fraction of sp³-hybridized carbons (Fsp3) is 0.423. The normalized spacial score (nSPS) is 16.9. The van der Waals surface area contributed by atoms with Crippen LogP contribution in [0.2, 0.25) is 0 Å². The van der Waals surface area contributed by atoms with E-state index < -0.39 is 0 Å². The highest BCUT2D eigenvalue weighted by Gasteiger charge is 2.27. The van der Waals surface area contributed by atoms with Crippen molar-refractivity contribution in [2.75, 3.05) is 33.9 Å². The van der Waals surface area contributed by atoms with E-state index in [2.05, 4.69) is 20.4 Å². The van der Waals surface area contributed by atoms with Crippen LogP contribution in [-0.4, -0.2) is 60.9 Å². The number of hydrogen-bond acceptors (Lipinski definition) is 8. The maximum absolute atomic E-state index is 12.9. The Morgan fingerprint density at radius 3 is 2.66 bits per heavy atom. The van der Waals surface area contributed by atoms with Gasteiger partial charge in [0.25, 0.3) is 0 Å².